The van der Waals surface area contributed by atoms with Crippen LogP contribution in [-0.4, -0.2) is 40.3 Å². The summed E-state index contributed by atoms with van der Waals surface area (Å²) in [4.78, 5) is 4.52. The molecule has 0 amide bonds. The topological polar surface area (TPSA) is 91.8 Å². The highest BCUT2D eigenvalue weighted by Gasteiger charge is 2.07. The molecule has 3 N–H and O–H groups in total. The first-order chi connectivity index (χ1) is 13.0. The van der Waals surface area contributed by atoms with E-state index in [-0.39, 0.29) is 0 Å². The molecule has 27 heavy (non-hydrogen) atoms. The first kappa shape index (κ1) is 20.6. The fraction of sp³-hybridized carbons (Fsp3) is 0.316. The summed E-state index contributed by atoms with van der Waals surface area (Å²) in [5.41, 5.74) is 1.33. The molecule has 2 aromatic carbocycles. The molecule has 0 aliphatic carbocycles. The number of nitrogens with one attached hydrogen (secondary N) is 3. The number of benzene rings is 2. The Labute approximate surface area is 160 Å². The molecular weight excluding hydrogens is 364 g/mol. The number of hydrogen-bond donors (Lipinski definition) is 3. The van der Waals surface area contributed by atoms with Gasteiger partial charge in [0.15, 0.2) is 5.96 Å². The predicted molar refractivity (Wildman–Crippen MR) is 110 cm³/mol. The molecule has 0 spiro atoms. The van der Waals surface area contributed by atoms with E-state index in [4.69, 9.17) is 4.74 Å². The predicted octanol–water partition coefficient (Wildman–Crippen LogP) is 2.19. The van der Waals surface area contributed by atoms with E-state index in [1.54, 1.807) is 12.1 Å². The van der Waals surface area contributed by atoms with Gasteiger partial charge in [0.1, 0.15) is 12.4 Å². The third-order valence-electron chi connectivity index (χ3n) is 3.47. The summed E-state index contributed by atoms with van der Waals surface area (Å²) >= 11 is 0. The van der Waals surface area contributed by atoms with Crippen LogP contribution in [0.4, 0.5) is 5.69 Å². The summed E-state index contributed by atoms with van der Waals surface area (Å²) in [6.07, 6.45) is 1.13. The lowest BCUT2D eigenvalue weighted by Gasteiger charge is -2.13. The number of ether oxygens (including phenoxy) is 1. The third kappa shape index (κ3) is 8.00. The van der Waals surface area contributed by atoms with Gasteiger partial charge in [-0.1, -0.05) is 36.4 Å². The van der Waals surface area contributed by atoms with Crippen molar-refractivity contribution in [3.05, 3.63) is 60.2 Å². The van der Waals surface area contributed by atoms with Gasteiger partial charge in [-0.15, -0.1) is 0 Å². The molecule has 2 rings (SSSR count). The zero-order chi connectivity index (χ0) is 19.5. The molecule has 2 aromatic rings. The van der Waals surface area contributed by atoms with Gasteiger partial charge in [0.25, 0.3) is 0 Å². The lowest BCUT2D eigenvalue weighted by molar-refractivity contribution is 0.322. The molecule has 0 saturated carbocycles. The number of sulfonamides is 1. The van der Waals surface area contributed by atoms with Crippen LogP contribution in [0, 0.1) is 0 Å². The van der Waals surface area contributed by atoms with E-state index in [9.17, 15) is 8.42 Å². The fourth-order valence-electron chi connectivity index (χ4n) is 2.32. The Morgan fingerprint density at radius 1 is 1.04 bits per heavy atom. The fourth-order valence-corrected chi connectivity index (χ4v) is 2.92. The number of hydrogen-bond acceptors (Lipinski definition) is 4. The van der Waals surface area contributed by atoms with E-state index in [0.717, 1.165) is 17.6 Å². The van der Waals surface area contributed by atoms with Crippen LogP contribution < -0.4 is 20.1 Å². The first-order valence-electron chi connectivity index (χ1n) is 8.73. The molecule has 0 saturated heterocycles. The van der Waals surface area contributed by atoms with Crippen LogP contribution in [0.5, 0.6) is 5.75 Å². The minimum Gasteiger partial charge on any atom is -0.492 e. The van der Waals surface area contributed by atoms with Crippen molar-refractivity contribution in [2.24, 2.45) is 4.99 Å². The monoisotopic (exact) mass is 390 g/mol. The number of para-hydroxylation sites is 2. The minimum atomic E-state index is -3.34. The van der Waals surface area contributed by atoms with Crippen LogP contribution in [0.25, 0.3) is 0 Å². The Morgan fingerprint density at radius 2 is 1.74 bits per heavy atom. The molecule has 8 heteroatoms. The molecule has 146 valence electrons. The molecule has 0 unspecified atom stereocenters. The average Bonchev–Trinajstić information content (AvgIpc) is 2.64. The summed E-state index contributed by atoms with van der Waals surface area (Å²) in [7, 11) is -3.34. The third-order valence-corrected chi connectivity index (χ3v) is 4.06. The van der Waals surface area contributed by atoms with Crippen molar-refractivity contribution in [3.8, 4) is 5.75 Å². The summed E-state index contributed by atoms with van der Waals surface area (Å²) in [5, 5.41) is 6.37. The largest absolute Gasteiger partial charge is 0.492 e. The van der Waals surface area contributed by atoms with Gasteiger partial charge in [-0.3, -0.25) is 4.72 Å². The zero-order valence-corrected chi connectivity index (χ0v) is 16.4. The lowest BCUT2D eigenvalue weighted by atomic mass is 10.2. The van der Waals surface area contributed by atoms with E-state index in [2.05, 4.69) is 20.3 Å². The molecule has 0 aliphatic rings. The molecule has 0 bridgehead atoms. The van der Waals surface area contributed by atoms with Crippen molar-refractivity contribution in [3.63, 3.8) is 0 Å². The van der Waals surface area contributed by atoms with E-state index in [0.29, 0.717) is 37.9 Å². The van der Waals surface area contributed by atoms with Crippen LogP contribution in [0.1, 0.15) is 12.5 Å². The Hall–Kier alpha value is -2.74. The smallest absolute Gasteiger partial charge is 0.229 e. The van der Waals surface area contributed by atoms with Crippen molar-refractivity contribution < 1.29 is 13.2 Å². The zero-order valence-electron chi connectivity index (χ0n) is 15.6. The van der Waals surface area contributed by atoms with Crippen molar-refractivity contribution in [1.82, 2.24) is 10.6 Å². The van der Waals surface area contributed by atoms with Gasteiger partial charge in [-0.25, -0.2) is 13.4 Å². The van der Waals surface area contributed by atoms with E-state index < -0.39 is 10.0 Å². The molecule has 7 nitrogen and oxygen atoms in total. The Kier molecular flexibility index (Phi) is 7.94. The van der Waals surface area contributed by atoms with Crippen LogP contribution in [0.3, 0.4) is 0 Å². The van der Waals surface area contributed by atoms with Crippen molar-refractivity contribution in [2.75, 3.05) is 30.7 Å². The van der Waals surface area contributed by atoms with E-state index in [1.807, 2.05) is 49.4 Å². The number of rotatable bonds is 9. The van der Waals surface area contributed by atoms with Gasteiger partial charge in [-0.2, -0.15) is 0 Å². The maximum Gasteiger partial charge on any atom is 0.229 e. The average molecular weight is 391 g/mol. The van der Waals surface area contributed by atoms with Crippen LogP contribution in [0.15, 0.2) is 59.6 Å². The SMILES string of the molecule is CCNC(=NCc1ccccc1NS(C)(=O)=O)NCCOc1ccccc1. The second-order valence-electron chi connectivity index (χ2n) is 5.81. The van der Waals surface area contributed by atoms with Gasteiger partial charge in [-0.05, 0) is 30.7 Å². The van der Waals surface area contributed by atoms with Gasteiger partial charge < -0.3 is 15.4 Å². The molecular formula is C19H26N4O3S. The Bertz CT molecular complexity index is 839. The number of aliphatic imine (C=N–C) groups is 1. The molecule has 0 heterocycles. The van der Waals surface area contributed by atoms with Gasteiger partial charge in [0.2, 0.25) is 10.0 Å². The van der Waals surface area contributed by atoms with Crippen LogP contribution in [0.2, 0.25) is 0 Å². The summed E-state index contributed by atoms with van der Waals surface area (Å²) in [5.74, 6) is 1.46. The number of anilines is 1. The van der Waals surface area contributed by atoms with E-state index >= 15 is 0 Å². The molecule has 0 atom stereocenters. The highest BCUT2D eigenvalue weighted by molar-refractivity contribution is 7.92. The highest BCUT2D eigenvalue weighted by Crippen LogP contribution is 2.17. The maximum absolute atomic E-state index is 11.5. The lowest BCUT2D eigenvalue weighted by Crippen LogP contribution is -2.39. The van der Waals surface area contributed by atoms with Crippen LogP contribution in [-0.2, 0) is 16.6 Å². The van der Waals surface area contributed by atoms with Crippen molar-refractivity contribution in [2.45, 2.75) is 13.5 Å². The Morgan fingerprint density at radius 3 is 2.44 bits per heavy atom. The first-order valence-corrected chi connectivity index (χ1v) is 10.6. The highest BCUT2D eigenvalue weighted by atomic mass is 32.2. The van der Waals surface area contributed by atoms with Gasteiger partial charge in [0, 0.05) is 6.54 Å². The quantitative estimate of drug-likeness (QED) is 0.347. The van der Waals surface area contributed by atoms with Gasteiger partial charge >= 0.3 is 0 Å². The van der Waals surface area contributed by atoms with Crippen molar-refractivity contribution >= 4 is 21.7 Å². The second kappa shape index (κ2) is 10.4. The molecule has 0 radical (unpaired) electrons. The normalized spacial score (nSPS) is 11.7. The molecule has 0 aliphatic heterocycles. The Balaban J connectivity index is 1.93. The van der Waals surface area contributed by atoms with E-state index in [1.165, 1.54) is 0 Å². The van der Waals surface area contributed by atoms with Gasteiger partial charge in [0.05, 0.1) is 25.0 Å². The summed E-state index contributed by atoms with van der Waals surface area (Å²) in [6, 6.07) is 16.8. The van der Waals surface area contributed by atoms with Crippen molar-refractivity contribution in [1.29, 1.82) is 0 Å². The number of guanidine groups is 1. The molecule has 0 fully saturated rings. The van der Waals surface area contributed by atoms with Crippen LogP contribution >= 0.6 is 0 Å². The standard InChI is InChI=1S/C19H26N4O3S/c1-3-20-19(21-13-14-26-17-10-5-4-6-11-17)22-15-16-9-7-8-12-18(16)23-27(2,24)25/h4-12,23H,3,13-15H2,1-2H3,(H2,20,21,22). The second-order valence-corrected chi connectivity index (χ2v) is 7.56. The summed E-state index contributed by atoms with van der Waals surface area (Å²) < 4.78 is 31.2. The maximum atomic E-state index is 11.5. The minimum absolute atomic E-state index is 0.341. The number of nitrogens with zero attached hydrogens (tertiary/aromatic N) is 1. The molecule has 0 aromatic heterocycles. The summed E-state index contributed by atoms with van der Waals surface area (Å²) in [6.45, 7) is 4.13.